The molecule has 0 radical (unpaired) electrons. The van der Waals surface area contributed by atoms with Gasteiger partial charge in [0.05, 0.1) is 6.42 Å². The predicted molar refractivity (Wildman–Crippen MR) is 82.6 cm³/mol. The van der Waals surface area contributed by atoms with E-state index in [1.165, 1.54) is 50.7 Å². The summed E-state index contributed by atoms with van der Waals surface area (Å²) in [6.45, 7) is 1.22. The lowest BCUT2D eigenvalue weighted by Crippen LogP contribution is -2.37. The standard InChI is InChI=1S/C17H24F2N2O/c18-15-9-5-6-13(17(15)19)12-16(22)21-11-10-20-14-7-3-1-2-4-8-14/h5-6,9,14,20H,1-4,7-8,10-12H2,(H,21,22). The van der Waals surface area contributed by atoms with Crippen LogP contribution in [0.2, 0.25) is 0 Å². The van der Waals surface area contributed by atoms with Crippen molar-refractivity contribution >= 4 is 5.91 Å². The third kappa shape index (κ3) is 5.37. The molecule has 1 aromatic carbocycles. The molecule has 0 saturated heterocycles. The van der Waals surface area contributed by atoms with Crippen LogP contribution in [0.1, 0.15) is 44.1 Å². The predicted octanol–water partition coefficient (Wildman–Crippen LogP) is 2.94. The Morgan fingerprint density at radius 3 is 2.55 bits per heavy atom. The lowest BCUT2D eigenvalue weighted by atomic mass is 10.1. The number of hydrogen-bond acceptors (Lipinski definition) is 2. The SMILES string of the molecule is O=C(Cc1cccc(F)c1F)NCCNC1CCCCCC1. The summed E-state index contributed by atoms with van der Waals surface area (Å²) >= 11 is 0. The summed E-state index contributed by atoms with van der Waals surface area (Å²) in [5.74, 6) is -2.14. The van der Waals surface area contributed by atoms with Gasteiger partial charge in [0, 0.05) is 24.7 Å². The van der Waals surface area contributed by atoms with E-state index in [-0.39, 0.29) is 17.9 Å². The Bertz CT molecular complexity index is 486. The van der Waals surface area contributed by atoms with Crippen LogP contribution in [0.5, 0.6) is 0 Å². The van der Waals surface area contributed by atoms with Crippen LogP contribution in [0.3, 0.4) is 0 Å². The third-order valence-corrected chi connectivity index (χ3v) is 4.12. The van der Waals surface area contributed by atoms with Crippen LogP contribution in [0.15, 0.2) is 18.2 Å². The van der Waals surface area contributed by atoms with E-state index in [0.29, 0.717) is 19.1 Å². The second kappa shape index (κ2) is 8.83. The molecule has 0 spiro atoms. The van der Waals surface area contributed by atoms with Gasteiger partial charge in [-0.15, -0.1) is 0 Å². The van der Waals surface area contributed by atoms with Gasteiger partial charge in [0.2, 0.25) is 5.91 Å². The smallest absolute Gasteiger partial charge is 0.224 e. The highest BCUT2D eigenvalue weighted by atomic mass is 19.2. The van der Waals surface area contributed by atoms with Crippen molar-refractivity contribution < 1.29 is 13.6 Å². The minimum Gasteiger partial charge on any atom is -0.355 e. The van der Waals surface area contributed by atoms with Crippen molar-refractivity contribution in [3.05, 3.63) is 35.4 Å². The molecule has 122 valence electrons. The van der Waals surface area contributed by atoms with E-state index in [9.17, 15) is 13.6 Å². The highest BCUT2D eigenvalue weighted by molar-refractivity contribution is 5.78. The summed E-state index contributed by atoms with van der Waals surface area (Å²) in [6, 6.07) is 4.43. The Balaban J connectivity index is 1.66. The fourth-order valence-electron chi connectivity index (χ4n) is 2.88. The first-order valence-electron chi connectivity index (χ1n) is 8.10. The molecule has 1 fully saturated rings. The topological polar surface area (TPSA) is 41.1 Å². The molecule has 2 N–H and O–H groups in total. The molecule has 0 aromatic heterocycles. The first-order chi connectivity index (χ1) is 10.7. The minimum absolute atomic E-state index is 0.0919. The van der Waals surface area contributed by atoms with Crippen LogP contribution in [0, 0.1) is 11.6 Å². The molecular weight excluding hydrogens is 286 g/mol. The average molecular weight is 310 g/mol. The van der Waals surface area contributed by atoms with Crippen LogP contribution in [-0.2, 0) is 11.2 Å². The lowest BCUT2D eigenvalue weighted by Gasteiger charge is -2.16. The monoisotopic (exact) mass is 310 g/mol. The Morgan fingerprint density at radius 1 is 1.09 bits per heavy atom. The number of rotatable bonds is 6. The Kier molecular flexibility index (Phi) is 6.77. The molecule has 1 amide bonds. The van der Waals surface area contributed by atoms with Crippen molar-refractivity contribution in [3.63, 3.8) is 0 Å². The van der Waals surface area contributed by atoms with Crippen molar-refractivity contribution in [1.82, 2.24) is 10.6 Å². The molecule has 2 rings (SSSR count). The third-order valence-electron chi connectivity index (χ3n) is 4.12. The van der Waals surface area contributed by atoms with Gasteiger partial charge in [-0.1, -0.05) is 37.8 Å². The summed E-state index contributed by atoms with van der Waals surface area (Å²) in [5, 5.41) is 6.19. The molecule has 0 bridgehead atoms. The van der Waals surface area contributed by atoms with Crippen molar-refractivity contribution in [1.29, 1.82) is 0 Å². The van der Waals surface area contributed by atoms with Crippen LogP contribution in [-0.4, -0.2) is 25.0 Å². The van der Waals surface area contributed by atoms with E-state index < -0.39 is 11.6 Å². The molecule has 0 heterocycles. The molecule has 1 aromatic rings. The number of carbonyl (C=O) groups is 1. The first kappa shape index (κ1) is 16.9. The van der Waals surface area contributed by atoms with Gasteiger partial charge >= 0.3 is 0 Å². The molecule has 0 unspecified atom stereocenters. The maximum atomic E-state index is 13.5. The van der Waals surface area contributed by atoms with Gasteiger partial charge in [0.1, 0.15) is 0 Å². The number of nitrogens with one attached hydrogen (secondary N) is 2. The Labute approximate surface area is 130 Å². The number of amides is 1. The largest absolute Gasteiger partial charge is 0.355 e. The maximum absolute atomic E-state index is 13.5. The second-order valence-corrected chi connectivity index (χ2v) is 5.88. The van der Waals surface area contributed by atoms with E-state index in [1.807, 2.05) is 0 Å². The van der Waals surface area contributed by atoms with Crippen molar-refractivity contribution in [2.75, 3.05) is 13.1 Å². The zero-order valence-corrected chi connectivity index (χ0v) is 12.8. The molecule has 0 atom stereocenters. The van der Waals surface area contributed by atoms with Crippen molar-refractivity contribution in [2.24, 2.45) is 0 Å². The summed E-state index contributed by atoms with van der Waals surface area (Å²) in [6.07, 6.45) is 7.42. The fraction of sp³-hybridized carbons (Fsp3) is 0.588. The van der Waals surface area contributed by atoms with Crippen LogP contribution in [0.4, 0.5) is 8.78 Å². The number of benzene rings is 1. The maximum Gasteiger partial charge on any atom is 0.224 e. The Morgan fingerprint density at radius 2 is 1.82 bits per heavy atom. The summed E-state index contributed by atoms with van der Waals surface area (Å²) in [7, 11) is 0. The quantitative estimate of drug-likeness (QED) is 0.626. The van der Waals surface area contributed by atoms with Gasteiger partial charge in [-0.3, -0.25) is 4.79 Å². The van der Waals surface area contributed by atoms with E-state index in [4.69, 9.17) is 0 Å². The van der Waals surface area contributed by atoms with Crippen LogP contribution < -0.4 is 10.6 Å². The number of hydrogen-bond donors (Lipinski definition) is 2. The van der Waals surface area contributed by atoms with Crippen LogP contribution in [0.25, 0.3) is 0 Å². The van der Waals surface area contributed by atoms with Gasteiger partial charge < -0.3 is 10.6 Å². The van der Waals surface area contributed by atoms with Crippen molar-refractivity contribution in [2.45, 2.75) is 51.0 Å². The molecule has 5 heteroatoms. The molecule has 22 heavy (non-hydrogen) atoms. The molecule has 3 nitrogen and oxygen atoms in total. The van der Waals surface area contributed by atoms with E-state index in [1.54, 1.807) is 0 Å². The van der Waals surface area contributed by atoms with Gasteiger partial charge in [0.25, 0.3) is 0 Å². The first-order valence-corrected chi connectivity index (χ1v) is 8.10. The molecule has 0 aliphatic heterocycles. The minimum atomic E-state index is -0.936. The van der Waals surface area contributed by atoms with E-state index in [0.717, 1.165) is 6.07 Å². The molecule has 1 saturated carbocycles. The molecule has 1 aliphatic carbocycles. The number of halogens is 2. The zero-order valence-electron chi connectivity index (χ0n) is 12.8. The Hall–Kier alpha value is -1.49. The fourth-order valence-corrected chi connectivity index (χ4v) is 2.88. The van der Waals surface area contributed by atoms with E-state index >= 15 is 0 Å². The van der Waals surface area contributed by atoms with Crippen molar-refractivity contribution in [3.8, 4) is 0 Å². The highest BCUT2D eigenvalue weighted by Gasteiger charge is 2.13. The van der Waals surface area contributed by atoms with Crippen LogP contribution >= 0.6 is 0 Å². The normalized spacial score (nSPS) is 16.3. The molecular formula is C17H24F2N2O. The summed E-state index contributed by atoms with van der Waals surface area (Å²) in [4.78, 5) is 11.8. The lowest BCUT2D eigenvalue weighted by molar-refractivity contribution is -0.120. The molecule has 1 aliphatic rings. The number of carbonyl (C=O) groups excluding carboxylic acids is 1. The summed E-state index contributed by atoms with van der Waals surface area (Å²) in [5.41, 5.74) is 0.0919. The van der Waals surface area contributed by atoms with Gasteiger partial charge in [-0.25, -0.2) is 8.78 Å². The highest BCUT2D eigenvalue weighted by Crippen LogP contribution is 2.16. The summed E-state index contributed by atoms with van der Waals surface area (Å²) < 4.78 is 26.5. The second-order valence-electron chi connectivity index (χ2n) is 5.88. The van der Waals surface area contributed by atoms with Gasteiger partial charge in [0.15, 0.2) is 11.6 Å². The van der Waals surface area contributed by atoms with Gasteiger partial charge in [-0.2, -0.15) is 0 Å². The average Bonchev–Trinajstić information content (AvgIpc) is 2.77. The van der Waals surface area contributed by atoms with Gasteiger partial charge in [-0.05, 0) is 18.9 Å². The van der Waals surface area contributed by atoms with E-state index in [2.05, 4.69) is 10.6 Å². The zero-order chi connectivity index (χ0) is 15.8.